The largest absolute Gasteiger partial charge is 0.275 e. The lowest BCUT2D eigenvalue weighted by molar-refractivity contribution is 0.766. The van der Waals surface area contributed by atoms with Gasteiger partial charge in [-0.1, -0.05) is 11.8 Å². The van der Waals surface area contributed by atoms with Gasteiger partial charge in [-0.15, -0.1) is 0 Å². The minimum absolute atomic E-state index is 0.649. The molecule has 0 fully saturated rings. The van der Waals surface area contributed by atoms with Gasteiger partial charge in [-0.3, -0.25) is 4.68 Å². The molecular formula is C11H8BrN3S. The van der Waals surface area contributed by atoms with Gasteiger partial charge in [0.25, 0.3) is 0 Å². The Morgan fingerprint density at radius 3 is 2.81 bits per heavy atom. The molecule has 2 rings (SSSR count). The summed E-state index contributed by atoms with van der Waals surface area (Å²) in [7, 11) is 1.89. The summed E-state index contributed by atoms with van der Waals surface area (Å²) in [5.41, 5.74) is 0.649. The van der Waals surface area contributed by atoms with E-state index in [0.717, 1.165) is 14.3 Å². The van der Waals surface area contributed by atoms with E-state index in [1.807, 2.05) is 37.6 Å². The molecule has 0 aliphatic heterocycles. The number of aromatic nitrogens is 2. The third kappa shape index (κ3) is 2.46. The maximum absolute atomic E-state index is 8.80. The van der Waals surface area contributed by atoms with Crippen LogP contribution in [0.1, 0.15) is 5.56 Å². The van der Waals surface area contributed by atoms with E-state index in [9.17, 15) is 0 Å². The second-order valence-corrected chi connectivity index (χ2v) is 5.21. The van der Waals surface area contributed by atoms with E-state index >= 15 is 0 Å². The molecule has 1 aromatic carbocycles. The third-order valence-corrected chi connectivity index (χ3v) is 3.57. The number of hydrogen-bond donors (Lipinski definition) is 0. The first-order valence-corrected chi connectivity index (χ1v) is 6.16. The normalized spacial score (nSPS) is 10.1. The molecule has 0 spiro atoms. The van der Waals surface area contributed by atoms with Gasteiger partial charge in [-0.25, -0.2) is 0 Å². The van der Waals surface area contributed by atoms with Crippen molar-refractivity contribution in [2.24, 2.45) is 7.05 Å². The van der Waals surface area contributed by atoms with E-state index in [1.54, 1.807) is 16.4 Å². The highest BCUT2D eigenvalue weighted by molar-refractivity contribution is 9.10. The van der Waals surface area contributed by atoms with Crippen LogP contribution in [0.3, 0.4) is 0 Å². The maximum Gasteiger partial charge on any atom is 0.100 e. The van der Waals surface area contributed by atoms with Crippen molar-refractivity contribution in [1.29, 1.82) is 5.26 Å². The molecule has 0 aliphatic carbocycles. The van der Waals surface area contributed by atoms with E-state index in [-0.39, 0.29) is 0 Å². The van der Waals surface area contributed by atoms with E-state index in [2.05, 4.69) is 27.1 Å². The Bertz CT molecular complexity index is 557. The molecule has 16 heavy (non-hydrogen) atoms. The number of nitrogens with zero attached hydrogens (tertiary/aromatic N) is 3. The van der Waals surface area contributed by atoms with Crippen LogP contribution in [0.4, 0.5) is 0 Å². The van der Waals surface area contributed by atoms with Gasteiger partial charge in [0.15, 0.2) is 0 Å². The van der Waals surface area contributed by atoms with Gasteiger partial charge >= 0.3 is 0 Å². The molecule has 1 aromatic heterocycles. The molecule has 5 heteroatoms. The molecule has 0 aliphatic rings. The highest BCUT2D eigenvalue weighted by Crippen LogP contribution is 2.30. The smallest absolute Gasteiger partial charge is 0.100 e. The van der Waals surface area contributed by atoms with Crippen LogP contribution in [-0.4, -0.2) is 9.78 Å². The highest BCUT2D eigenvalue weighted by Gasteiger charge is 2.03. The summed E-state index contributed by atoms with van der Waals surface area (Å²) >= 11 is 4.99. The van der Waals surface area contributed by atoms with Crippen LogP contribution in [0.15, 0.2) is 44.9 Å². The van der Waals surface area contributed by atoms with Gasteiger partial charge in [-0.05, 0) is 34.1 Å². The Morgan fingerprint density at radius 1 is 1.44 bits per heavy atom. The second-order valence-electron chi connectivity index (χ2n) is 3.21. The molecule has 0 saturated carbocycles. The summed E-state index contributed by atoms with van der Waals surface area (Å²) in [6.45, 7) is 0. The summed E-state index contributed by atoms with van der Waals surface area (Å²) in [6.07, 6.45) is 3.77. The molecule has 0 bridgehead atoms. The number of halogens is 1. The zero-order chi connectivity index (χ0) is 11.5. The number of aryl methyl sites for hydroxylation is 1. The number of nitriles is 1. The van der Waals surface area contributed by atoms with Crippen LogP contribution in [0, 0.1) is 11.3 Å². The van der Waals surface area contributed by atoms with E-state index in [0.29, 0.717) is 5.56 Å². The van der Waals surface area contributed by atoms with E-state index in [4.69, 9.17) is 5.26 Å². The minimum atomic E-state index is 0.649. The van der Waals surface area contributed by atoms with Crippen molar-refractivity contribution >= 4 is 27.7 Å². The minimum Gasteiger partial charge on any atom is -0.275 e. The number of benzene rings is 1. The summed E-state index contributed by atoms with van der Waals surface area (Å²) < 4.78 is 2.59. The van der Waals surface area contributed by atoms with Crippen molar-refractivity contribution in [3.8, 4) is 6.07 Å². The standard InChI is InChI=1S/C11H8BrN3S/c1-15-7-10(6-14-15)16-9-3-2-8(5-13)11(12)4-9/h2-4,6-7H,1H3. The molecule has 3 nitrogen and oxygen atoms in total. The van der Waals surface area contributed by atoms with Crippen molar-refractivity contribution in [3.63, 3.8) is 0 Å². The lowest BCUT2D eigenvalue weighted by atomic mass is 10.2. The Kier molecular flexibility index (Phi) is 3.32. The summed E-state index contributed by atoms with van der Waals surface area (Å²) in [6, 6.07) is 7.80. The van der Waals surface area contributed by atoms with Gasteiger partial charge in [0.1, 0.15) is 6.07 Å². The quantitative estimate of drug-likeness (QED) is 0.854. The van der Waals surface area contributed by atoms with Gasteiger partial charge in [0.05, 0.1) is 16.7 Å². The van der Waals surface area contributed by atoms with Crippen molar-refractivity contribution in [3.05, 3.63) is 40.6 Å². The van der Waals surface area contributed by atoms with Crippen LogP contribution >= 0.6 is 27.7 Å². The average molecular weight is 294 g/mol. The maximum atomic E-state index is 8.80. The lowest BCUT2D eigenvalue weighted by Gasteiger charge is -2.00. The Hall–Kier alpha value is -1.25. The fourth-order valence-electron chi connectivity index (χ4n) is 1.24. The molecule has 2 aromatic rings. The van der Waals surface area contributed by atoms with Crippen LogP contribution < -0.4 is 0 Å². The molecule has 0 saturated heterocycles. The summed E-state index contributed by atoms with van der Waals surface area (Å²) in [5, 5.41) is 12.9. The van der Waals surface area contributed by atoms with Crippen molar-refractivity contribution < 1.29 is 0 Å². The molecule has 0 N–H and O–H groups in total. The Labute approximate surface area is 106 Å². The molecular weight excluding hydrogens is 286 g/mol. The fourth-order valence-corrected chi connectivity index (χ4v) is 2.75. The van der Waals surface area contributed by atoms with Crippen LogP contribution in [0.2, 0.25) is 0 Å². The Morgan fingerprint density at radius 2 is 2.25 bits per heavy atom. The zero-order valence-corrected chi connectivity index (χ0v) is 10.9. The molecule has 80 valence electrons. The summed E-state index contributed by atoms with van der Waals surface area (Å²) in [4.78, 5) is 2.16. The monoisotopic (exact) mass is 293 g/mol. The molecule has 0 unspecified atom stereocenters. The lowest BCUT2D eigenvalue weighted by Crippen LogP contribution is -1.83. The van der Waals surface area contributed by atoms with Crippen molar-refractivity contribution in [2.75, 3.05) is 0 Å². The van der Waals surface area contributed by atoms with Gasteiger partial charge < -0.3 is 0 Å². The molecule has 1 heterocycles. The van der Waals surface area contributed by atoms with E-state index < -0.39 is 0 Å². The SMILES string of the molecule is Cn1cc(Sc2ccc(C#N)c(Br)c2)cn1. The fraction of sp³-hybridized carbons (Fsp3) is 0.0909. The first-order chi connectivity index (χ1) is 7.69. The molecule has 0 radical (unpaired) electrons. The molecule has 0 amide bonds. The van der Waals surface area contributed by atoms with Crippen molar-refractivity contribution in [1.82, 2.24) is 9.78 Å². The van der Waals surface area contributed by atoms with Gasteiger partial charge in [0, 0.05) is 22.6 Å². The first kappa shape index (κ1) is 11.2. The van der Waals surface area contributed by atoms with Crippen LogP contribution in [0.5, 0.6) is 0 Å². The average Bonchev–Trinajstić information content (AvgIpc) is 2.64. The predicted octanol–water partition coefficient (Wildman–Crippen LogP) is 3.21. The number of hydrogen-bond acceptors (Lipinski definition) is 3. The van der Waals surface area contributed by atoms with Crippen LogP contribution in [-0.2, 0) is 7.05 Å². The van der Waals surface area contributed by atoms with Crippen molar-refractivity contribution in [2.45, 2.75) is 9.79 Å². The van der Waals surface area contributed by atoms with E-state index in [1.165, 1.54) is 0 Å². The van der Waals surface area contributed by atoms with Gasteiger partial charge in [0.2, 0.25) is 0 Å². The number of rotatable bonds is 2. The van der Waals surface area contributed by atoms with Crippen LogP contribution in [0.25, 0.3) is 0 Å². The molecule has 0 atom stereocenters. The predicted molar refractivity (Wildman–Crippen MR) is 66.2 cm³/mol. The first-order valence-electron chi connectivity index (χ1n) is 4.55. The zero-order valence-electron chi connectivity index (χ0n) is 8.51. The summed E-state index contributed by atoms with van der Waals surface area (Å²) in [5.74, 6) is 0. The third-order valence-electron chi connectivity index (χ3n) is 1.98. The second kappa shape index (κ2) is 4.73. The Balaban J connectivity index is 2.23. The topological polar surface area (TPSA) is 41.6 Å². The highest BCUT2D eigenvalue weighted by atomic mass is 79.9. The van der Waals surface area contributed by atoms with Gasteiger partial charge in [-0.2, -0.15) is 10.4 Å².